The summed E-state index contributed by atoms with van der Waals surface area (Å²) < 4.78 is 21.2. The van der Waals surface area contributed by atoms with Crippen LogP contribution in [0, 0.1) is 0 Å². The van der Waals surface area contributed by atoms with Crippen molar-refractivity contribution in [3.63, 3.8) is 0 Å². The van der Waals surface area contributed by atoms with Gasteiger partial charge in [0.2, 0.25) is 5.91 Å². The predicted octanol–water partition coefficient (Wildman–Crippen LogP) is 1.85. The van der Waals surface area contributed by atoms with E-state index < -0.39 is 0 Å². The van der Waals surface area contributed by atoms with Crippen molar-refractivity contribution in [1.29, 1.82) is 0 Å². The van der Waals surface area contributed by atoms with E-state index in [0.717, 1.165) is 19.4 Å². The molecule has 22 heavy (non-hydrogen) atoms. The molecule has 0 bridgehead atoms. The minimum atomic E-state index is -0.202. The molecule has 6 nitrogen and oxygen atoms in total. The maximum absolute atomic E-state index is 11.7. The first-order valence-electron chi connectivity index (χ1n) is 7.49. The molecule has 0 radical (unpaired) electrons. The number of nitrogens with one attached hydrogen (secondary N) is 1. The van der Waals surface area contributed by atoms with Gasteiger partial charge in [-0.2, -0.15) is 0 Å². The van der Waals surface area contributed by atoms with Crippen molar-refractivity contribution in [3.8, 4) is 5.75 Å². The summed E-state index contributed by atoms with van der Waals surface area (Å²) in [7, 11) is 1.59. The minimum absolute atomic E-state index is 0.00432. The molecule has 1 fully saturated rings. The summed E-state index contributed by atoms with van der Waals surface area (Å²) in [5.74, 6) is 0.515. The van der Waals surface area contributed by atoms with Gasteiger partial charge in [0.25, 0.3) is 0 Å². The molecule has 0 aliphatic carbocycles. The van der Waals surface area contributed by atoms with Gasteiger partial charge in [-0.1, -0.05) is 6.07 Å². The normalized spacial score (nSPS) is 17.4. The smallest absolute Gasteiger partial charge is 0.250 e. The second-order valence-electron chi connectivity index (χ2n) is 5.07. The zero-order valence-corrected chi connectivity index (χ0v) is 12.9. The summed E-state index contributed by atoms with van der Waals surface area (Å²) in [6.45, 7) is 2.23. The lowest BCUT2D eigenvalue weighted by atomic mass is 10.2. The zero-order chi connectivity index (χ0) is 15.6. The third kappa shape index (κ3) is 6.01. The third-order valence-corrected chi connectivity index (χ3v) is 3.24. The molecule has 0 spiro atoms. The van der Waals surface area contributed by atoms with E-state index in [0.29, 0.717) is 31.3 Å². The number of anilines is 1. The van der Waals surface area contributed by atoms with Gasteiger partial charge in [0.05, 0.1) is 19.3 Å². The average Bonchev–Trinajstić information content (AvgIpc) is 3.03. The van der Waals surface area contributed by atoms with Gasteiger partial charge in [0.1, 0.15) is 19.0 Å². The van der Waals surface area contributed by atoms with E-state index in [9.17, 15) is 4.79 Å². The van der Waals surface area contributed by atoms with Crippen molar-refractivity contribution in [1.82, 2.24) is 0 Å². The molecule has 1 aromatic rings. The molecule has 1 atom stereocenters. The number of ether oxygens (including phenoxy) is 4. The lowest BCUT2D eigenvalue weighted by Crippen LogP contribution is -2.20. The maximum Gasteiger partial charge on any atom is 0.250 e. The van der Waals surface area contributed by atoms with Crippen LogP contribution in [-0.2, 0) is 19.0 Å². The van der Waals surface area contributed by atoms with E-state index in [4.69, 9.17) is 18.9 Å². The van der Waals surface area contributed by atoms with Gasteiger partial charge < -0.3 is 24.3 Å². The Kier molecular flexibility index (Phi) is 7.15. The van der Waals surface area contributed by atoms with Crippen molar-refractivity contribution in [2.45, 2.75) is 18.9 Å². The minimum Gasteiger partial charge on any atom is -0.491 e. The summed E-state index contributed by atoms with van der Waals surface area (Å²) >= 11 is 0. The molecule has 1 aliphatic rings. The Labute approximate surface area is 130 Å². The monoisotopic (exact) mass is 309 g/mol. The molecule has 2 rings (SSSR count). The number of rotatable bonds is 9. The molecule has 0 aromatic heterocycles. The van der Waals surface area contributed by atoms with Crippen molar-refractivity contribution >= 4 is 11.6 Å². The van der Waals surface area contributed by atoms with E-state index in [1.807, 2.05) is 18.2 Å². The van der Waals surface area contributed by atoms with E-state index in [1.165, 1.54) is 0 Å². The molecule has 6 heteroatoms. The van der Waals surface area contributed by atoms with Crippen LogP contribution in [0.2, 0.25) is 0 Å². The number of hydrogen-bond acceptors (Lipinski definition) is 5. The lowest BCUT2D eigenvalue weighted by Gasteiger charge is -2.12. The second kappa shape index (κ2) is 9.40. The lowest BCUT2D eigenvalue weighted by molar-refractivity contribution is -0.121. The Balaban J connectivity index is 1.74. The zero-order valence-electron chi connectivity index (χ0n) is 12.9. The molecule has 1 heterocycles. The van der Waals surface area contributed by atoms with E-state index in [2.05, 4.69) is 5.32 Å². The van der Waals surface area contributed by atoms with Crippen LogP contribution in [0.4, 0.5) is 5.69 Å². The van der Waals surface area contributed by atoms with E-state index in [-0.39, 0.29) is 18.6 Å². The van der Waals surface area contributed by atoms with Crippen LogP contribution in [0.15, 0.2) is 24.3 Å². The topological polar surface area (TPSA) is 66.0 Å². The maximum atomic E-state index is 11.7. The van der Waals surface area contributed by atoms with E-state index in [1.54, 1.807) is 13.2 Å². The Morgan fingerprint density at radius 1 is 1.41 bits per heavy atom. The van der Waals surface area contributed by atoms with Crippen LogP contribution < -0.4 is 10.1 Å². The standard InChI is InChI=1S/C16H23NO5/c1-19-8-9-20-12-16(18)17-13-4-2-5-14(10-13)22-11-15-6-3-7-21-15/h2,4-5,10,15H,3,6-9,11-12H2,1H3,(H,17,18). The Morgan fingerprint density at radius 3 is 3.09 bits per heavy atom. The first kappa shape index (κ1) is 16.7. The van der Waals surface area contributed by atoms with Crippen LogP contribution in [0.3, 0.4) is 0 Å². The Bertz CT molecular complexity index is 460. The quantitative estimate of drug-likeness (QED) is 0.705. The fraction of sp³-hybridized carbons (Fsp3) is 0.562. The Morgan fingerprint density at radius 2 is 2.32 bits per heavy atom. The van der Waals surface area contributed by atoms with Gasteiger partial charge in [-0.05, 0) is 25.0 Å². The molecular weight excluding hydrogens is 286 g/mol. The second-order valence-corrected chi connectivity index (χ2v) is 5.07. The average molecular weight is 309 g/mol. The Hall–Kier alpha value is -1.63. The number of methoxy groups -OCH3 is 1. The fourth-order valence-corrected chi connectivity index (χ4v) is 2.13. The highest BCUT2D eigenvalue weighted by atomic mass is 16.5. The summed E-state index contributed by atoms with van der Waals surface area (Å²) in [6, 6.07) is 7.31. The van der Waals surface area contributed by atoms with Gasteiger partial charge in [0, 0.05) is 25.5 Å². The van der Waals surface area contributed by atoms with Gasteiger partial charge in [-0.25, -0.2) is 0 Å². The van der Waals surface area contributed by atoms with Crippen LogP contribution in [0.5, 0.6) is 5.75 Å². The van der Waals surface area contributed by atoms with Gasteiger partial charge in [-0.3, -0.25) is 4.79 Å². The predicted molar refractivity (Wildman–Crippen MR) is 82.2 cm³/mol. The number of amides is 1. The number of carbonyl (C=O) groups is 1. The summed E-state index contributed by atoms with van der Waals surface area (Å²) in [5, 5.41) is 2.77. The number of benzene rings is 1. The summed E-state index contributed by atoms with van der Waals surface area (Å²) in [5.41, 5.74) is 0.685. The molecular formula is C16H23NO5. The molecule has 1 unspecified atom stereocenters. The summed E-state index contributed by atoms with van der Waals surface area (Å²) in [4.78, 5) is 11.7. The van der Waals surface area contributed by atoms with Crippen LogP contribution in [0.1, 0.15) is 12.8 Å². The molecule has 122 valence electrons. The van der Waals surface area contributed by atoms with Crippen LogP contribution >= 0.6 is 0 Å². The largest absolute Gasteiger partial charge is 0.491 e. The highest BCUT2D eigenvalue weighted by Crippen LogP contribution is 2.19. The van der Waals surface area contributed by atoms with Crippen LogP contribution in [0.25, 0.3) is 0 Å². The van der Waals surface area contributed by atoms with Crippen molar-refractivity contribution in [3.05, 3.63) is 24.3 Å². The highest BCUT2D eigenvalue weighted by molar-refractivity contribution is 5.91. The first-order valence-corrected chi connectivity index (χ1v) is 7.49. The fourth-order valence-electron chi connectivity index (χ4n) is 2.13. The number of carbonyl (C=O) groups excluding carboxylic acids is 1. The van der Waals surface area contributed by atoms with Crippen molar-refractivity contribution in [2.75, 3.05) is 45.5 Å². The summed E-state index contributed by atoms with van der Waals surface area (Å²) in [6.07, 6.45) is 2.30. The van der Waals surface area contributed by atoms with Gasteiger partial charge >= 0.3 is 0 Å². The van der Waals surface area contributed by atoms with Gasteiger partial charge in [0.15, 0.2) is 0 Å². The molecule has 0 saturated carbocycles. The number of hydrogen-bond donors (Lipinski definition) is 1. The third-order valence-electron chi connectivity index (χ3n) is 3.24. The molecule has 1 amide bonds. The van der Waals surface area contributed by atoms with Crippen LogP contribution in [-0.4, -0.2) is 52.2 Å². The molecule has 1 aliphatic heterocycles. The molecule has 1 saturated heterocycles. The van der Waals surface area contributed by atoms with Crippen molar-refractivity contribution in [2.24, 2.45) is 0 Å². The first-order chi connectivity index (χ1) is 10.8. The van der Waals surface area contributed by atoms with Gasteiger partial charge in [-0.15, -0.1) is 0 Å². The van der Waals surface area contributed by atoms with Crippen molar-refractivity contribution < 1.29 is 23.7 Å². The SMILES string of the molecule is COCCOCC(=O)Nc1cccc(OCC2CCCO2)c1. The highest BCUT2D eigenvalue weighted by Gasteiger charge is 2.16. The molecule has 1 N–H and O–H groups in total. The molecule has 1 aromatic carbocycles. The van der Waals surface area contributed by atoms with E-state index >= 15 is 0 Å².